The Morgan fingerprint density at radius 1 is 0.269 bits per heavy atom. The van der Waals surface area contributed by atoms with Crippen molar-refractivity contribution >= 4 is 0 Å². The van der Waals surface area contributed by atoms with E-state index in [0.29, 0.717) is 39.6 Å². The minimum absolute atomic E-state index is 0.366. The monoisotopic (exact) mass is 955 g/mol. The average Bonchev–Trinajstić information content (AvgIpc) is 3.31. The second kappa shape index (κ2) is 52.1. The first kappa shape index (κ1) is 66.7. The van der Waals surface area contributed by atoms with Crippen LogP contribution in [0.3, 0.4) is 0 Å². The van der Waals surface area contributed by atoms with Crippen LogP contribution >= 0.6 is 0 Å². The number of quaternary nitrogens is 2. The fraction of sp³-hybridized carbons (Fsp3) is 1.00. The number of unbranched alkanes of at least 4 members (excludes halogenated alkanes) is 36. The van der Waals surface area contributed by atoms with Crippen molar-refractivity contribution in [2.24, 2.45) is 0 Å². The molecule has 2 unspecified atom stereocenters. The van der Waals surface area contributed by atoms with Crippen LogP contribution in [0.25, 0.3) is 0 Å². The van der Waals surface area contributed by atoms with Gasteiger partial charge in [-0.05, 0) is 51.4 Å². The third kappa shape index (κ3) is 49.1. The molecule has 2 atom stereocenters. The molecule has 0 radical (unpaired) electrons. The third-order valence-corrected chi connectivity index (χ3v) is 14.9. The molecule has 0 saturated heterocycles. The van der Waals surface area contributed by atoms with Crippen LogP contribution in [-0.2, 0) is 14.2 Å². The van der Waals surface area contributed by atoms with Gasteiger partial charge in [-0.2, -0.15) is 0 Å². The molecule has 0 aromatic rings. The molecule has 0 aliphatic carbocycles. The Morgan fingerprint density at radius 2 is 0.448 bits per heavy atom. The van der Waals surface area contributed by atoms with Crippen molar-refractivity contribution in [1.29, 1.82) is 0 Å². The van der Waals surface area contributed by atoms with E-state index in [2.05, 4.69) is 41.8 Å². The molecule has 0 aliphatic heterocycles. The van der Waals surface area contributed by atoms with E-state index in [9.17, 15) is 10.2 Å². The zero-order chi connectivity index (χ0) is 49.0. The SMILES string of the molecule is CCCCCCCCCCCC[N+](C)(CCCCCCCCCCCC)CC(O)COCCOCCOCC(O)C[N+](C)(CCCCCCCCCCCC)CCCCCCCCCCCC. The topological polar surface area (TPSA) is 68.2 Å². The second-order valence-electron chi connectivity index (χ2n) is 22.3. The highest BCUT2D eigenvalue weighted by Gasteiger charge is 2.26. The van der Waals surface area contributed by atoms with Crippen molar-refractivity contribution in [3.8, 4) is 0 Å². The maximum atomic E-state index is 11.1. The minimum atomic E-state index is -0.458. The van der Waals surface area contributed by atoms with Gasteiger partial charge < -0.3 is 33.4 Å². The van der Waals surface area contributed by atoms with Gasteiger partial charge in [-0.1, -0.05) is 233 Å². The zero-order valence-corrected chi connectivity index (χ0v) is 46.9. The summed E-state index contributed by atoms with van der Waals surface area (Å²) in [6.45, 7) is 18.0. The van der Waals surface area contributed by atoms with Gasteiger partial charge in [0, 0.05) is 0 Å². The van der Waals surface area contributed by atoms with Crippen LogP contribution in [0.15, 0.2) is 0 Å². The first-order valence-corrected chi connectivity index (χ1v) is 30.5. The van der Waals surface area contributed by atoms with Crippen LogP contribution in [0.2, 0.25) is 0 Å². The normalized spacial score (nSPS) is 13.3. The highest BCUT2D eigenvalue weighted by Crippen LogP contribution is 2.19. The lowest BCUT2D eigenvalue weighted by Gasteiger charge is -2.36. The zero-order valence-electron chi connectivity index (χ0n) is 46.9. The standard InChI is InChI=1S/C60H126N2O5/c1-7-11-15-19-23-27-31-35-39-43-47-61(5,48-44-40-36-32-28-24-20-16-12-8-2)55-59(63)57-66-53-51-65-52-54-67-58-60(64)56-62(6,49-45-41-37-33-29-25-21-17-13-9-3)50-46-42-38-34-30-26-22-18-14-10-4/h59-60,63-64H,7-58H2,1-6H3/q+2. The van der Waals surface area contributed by atoms with Crippen LogP contribution in [0.1, 0.15) is 285 Å². The van der Waals surface area contributed by atoms with Gasteiger partial charge in [0.25, 0.3) is 0 Å². The Balaban J connectivity index is 4.57. The molecule has 0 saturated carbocycles. The molecule has 0 aliphatic rings. The Morgan fingerprint density at radius 3 is 0.657 bits per heavy atom. The summed E-state index contributed by atoms with van der Waals surface area (Å²) in [6.07, 6.45) is 53.5. The van der Waals surface area contributed by atoms with Crippen molar-refractivity contribution in [2.45, 2.75) is 297 Å². The first-order chi connectivity index (χ1) is 32.7. The fourth-order valence-corrected chi connectivity index (χ4v) is 10.4. The van der Waals surface area contributed by atoms with Crippen LogP contribution in [0.4, 0.5) is 0 Å². The summed E-state index contributed by atoms with van der Waals surface area (Å²) in [5, 5.41) is 22.3. The number of hydrogen-bond donors (Lipinski definition) is 2. The van der Waals surface area contributed by atoms with Crippen molar-refractivity contribution < 1.29 is 33.4 Å². The molecule has 0 aromatic heterocycles. The number of likely N-dealkylation sites (N-methyl/N-ethyl adjacent to an activating group) is 2. The lowest BCUT2D eigenvalue weighted by molar-refractivity contribution is -0.913. The summed E-state index contributed by atoms with van der Waals surface area (Å²) in [6, 6.07) is 0. The van der Waals surface area contributed by atoms with Gasteiger partial charge in [0.05, 0.1) is 79.9 Å². The molecule has 0 aromatic carbocycles. The molecule has 7 nitrogen and oxygen atoms in total. The summed E-state index contributed by atoms with van der Waals surface area (Å²) in [5.74, 6) is 0. The molecule has 0 amide bonds. The summed E-state index contributed by atoms with van der Waals surface area (Å²) in [4.78, 5) is 0. The molecule has 0 fully saturated rings. The molecule has 67 heavy (non-hydrogen) atoms. The van der Waals surface area contributed by atoms with E-state index in [1.165, 1.54) is 257 Å². The lowest BCUT2D eigenvalue weighted by atomic mass is 10.1. The molecule has 0 heterocycles. The van der Waals surface area contributed by atoms with E-state index in [4.69, 9.17) is 14.2 Å². The van der Waals surface area contributed by atoms with Gasteiger partial charge in [0.15, 0.2) is 0 Å². The Bertz CT molecular complexity index is 818. The van der Waals surface area contributed by atoms with Gasteiger partial charge in [0.1, 0.15) is 25.3 Å². The van der Waals surface area contributed by atoms with E-state index in [0.717, 1.165) is 48.2 Å². The smallest absolute Gasteiger partial charge is 0.126 e. The van der Waals surface area contributed by atoms with Crippen LogP contribution in [-0.4, -0.2) is 124 Å². The third-order valence-electron chi connectivity index (χ3n) is 14.9. The number of ether oxygens (including phenoxy) is 3. The molecule has 7 heteroatoms. The van der Waals surface area contributed by atoms with Crippen LogP contribution in [0.5, 0.6) is 0 Å². The molecule has 2 N–H and O–H groups in total. The van der Waals surface area contributed by atoms with E-state index < -0.39 is 12.2 Å². The number of hydrogen-bond acceptors (Lipinski definition) is 5. The van der Waals surface area contributed by atoms with Crippen molar-refractivity contribution in [3.63, 3.8) is 0 Å². The number of nitrogens with zero attached hydrogens (tertiary/aromatic N) is 2. The average molecular weight is 956 g/mol. The van der Waals surface area contributed by atoms with Gasteiger partial charge in [0.2, 0.25) is 0 Å². The van der Waals surface area contributed by atoms with Gasteiger partial charge in [-0.3, -0.25) is 0 Å². The first-order valence-electron chi connectivity index (χ1n) is 30.5. The highest BCUT2D eigenvalue weighted by atomic mass is 16.5. The molecular formula is C60H126N2O5+2. The summed E-state index contributed by atoms with van der Waals surface area (Å²) >= 11 is 0. The van der Waals surface area contributed by atoms with E-state index in [1.54, 1.807) is 0 Å². The van der Waals surface area contributed by atoms with Gasteiger partial charge >= 0.3 is 0 Å². The number of aliphatic hydroxyl groups excluding tert-OH is 2. The van der Waals surface area contributed by atoms with E-state index in [-0.39, 0.29) is 0 Å². The van der Waals surface area contributed by atoms with Crippen LogP contribution < -0.4 is 0 Å². The molecule has 0 rings (SSSR count). The van der Waals surface area contributed by atoms with Crippen molar-refractivity contribution in [2.75, 3.05) is 93.0 Å². The number of aliphatic hydroxyl groups is 2. The van der Waals surface area contributed by atoms with Crippen LogP contribution in [0, 0.1) is 0 Å². The largest absolute Gasteiger partial charge is 0.385 e. The maximum Gasteiger partial charge on any atom is 0.126 e. The Hall–Kier alpha value is -0.280. The van der Waals surface area contributed by atoms with E-state index >= 15 is 0 Å². The van der Waals surface area contributed by atoms with Gasteiger partial charge in [-0.25, -0.2) is 0 Å². The van der Waals surface area contributed by atoms with Crippen molar-refractivity contribution in [3.05, 3.63) is 0 Å². The molecular weight excluding hydrogens is 829 g/mol. The minimum Gasteiger partial charge on any atom is -0.385 e. The van der Waals surface area contributed by atoms with Crippen molar-refractivity contribution in [1.82, 2.24) is 0 Å². The quantitative estimate of drug-likeness (QED) is 0.0470. The van der Waals surface area contributed by atoms with Gasteiger partial charge in [-0.15, -0.1) is 0 Å². The summed E-state index contributed by atoms with van der Waals surface area (Å²) < 4.78 is 19.6. The number of rotatable bonds is 58. The highest BCUT2D eigenvalue weighted by molar-refractivity contribution is 4.59. The Labute approximate surface area is 421 Å². The second-order valence-corrected chi connectivity index (χ2v) is 22.3. The van der Waals surface area contributed by atoms with E-state index in [1.807, 2.05) is 0 Å². The fourth-order valence-electron chi connectivity index (χ4n) is 10.4. The predicted octanol–water partition coefficient (Wildman–Crippen LogP) is 16.3. The summed E-state index contributed by atoms with van der Waals surface area (Å²) in [5.41, 5.74) is 0. The predicted molar refractivity (Wildman–Crippen MR) is 293 cm³/mol. The molecule has 0 spiro atoms. The molecule has 404 valence electrons. The lowest BCUT2D eigenvalue weighted by Crippen LogP contribution is -2.51. The molecule has 0 bridgehead atoms. The maximum absolute atomic E-state index is 11.1. The summed E-state index contributed by atoms with van der Waals surface area (Å²) in [7, 11) is 4.75. The Kier molecular flexibility index (Phi) is 51.8.